The quantitative estimate of drug-likeness (QED) is 0.193. The summed E-state index contributed by atoms with van der Waals surface area (Å²) in [6.45, 7) is 15.6. The number of rotatable bonds is 17. The molecule has 0 spiro atoms. The third-order valence-electron chi connectivity index (χ3n) is 3.85. The summed E-state index contributed by atoms with van der Waals surface area (Å²) in [5, 5.41) is 0. The average molecular weight is 389 g/mol. The van der Waals surface area contributed by atoms with Crippen LogP contribution in [0.2, 0.25) is 6.04 Å². The van der Waals surface area contributed by atoms with Gasteiger partial charge in [0, 0.05) is 31.4 Å². The third kappa shape index (κ3) is 11.1. The molecule has 0 fully saturated rings. The fourth-order valence-corrected chi connectivity index (χ4v) is 5.30. The summed E-state index contributed by atoms with van der Waals surface area (Å²) in [6, 6.07) is 0.671. The highest BCUT2D eigenvalue weighted by Gasteiger charge is 2.41. The maximum absolute atomic E-state index is 12.0. The van der Waals surface area contributed by atoms with E-state index in [-0.39, 0.29) is 12.1 Å². The van der Waals surface area contributed by atoms with E-state index in [1.54, 1.807) is 6.92 Å². The first-order valence-electron chi connectivity index (χ1n) is 10.2. The average Bonchev–Trinajstić information content (AvgIpc) is 2.64. The zero-order chi connectivity index (χ0) is 19.8. The van der Waals surface area contributed by atoms with Gasteiger partial charge >= 0.3 is 14.8 Å². The lowest BCUT2D eigenvalue weighted by Gasteiger charge is -2.31. The van der Waals surface area contributed by atoms with Crippen LogP contribution in [0.1, 0.15) is 79.6 Å². The Hall–Kier alpha value is -0.693. The standard InChI is InChI=1S/C20H40O5Si/c1-7-11-12-19(25-20(21)18(5)6)13-17-26(22-14-8-2,23-15-9-3)24-16-10-4/h19H,5,7-17H2,1-4,6H3. The van der Waals surface area contributed by atoms with Crippen LogP contribution in [0.5, 0.6) is 0 Å². The molecule has 1 atom stereocenters. The fraction of sp³-hybridized carbons (Fsp3) is 0.850. The van der Waals surface area contributed by atoms with Gasteiger partial charge in [-0.2, -0.15) is 0 Å². The van der Waals surface area contributed by atoms with Gasteiger partial charge in [-0.3, -0.25) is 0 Å². The molecule has 1 unspecified atom stereocenters. The predicted molar refractivity (Wildman–Crippen MR) is 108 cm³/mol. The number of carbonyl (C=O) groups is 1. The van der Waals surface area contributed by atoms with E-state index >= 15 is 0 Å². The first kappa shape index (κ1) is 25.3. The van der Waals surface area contributed by atoms with Crippen molar-refractivity contribution in [2.75, 3.05) is 19.8 Å². The van der Waals surface area contributed by atoms with Crippen LogP contribution in [0.3, 0.4) is 0 Å². The van der Waals surface area contributed by atoms with Gasteiger partial charge < -0.3 is 18.0 Å². The van der Waals surface area contributed by atoms with Gasteiger partial charge in [0.05, 0.1) is 0 Å². The Morgan fingerprint density at radius 3 is 1.77 bits per heavy atom. The van der Waals surface area contributed by atoms with E-state index in [0.717, 1.165) is 38.5 Å². The lowest BCUT2D eigenvalue weighted by molar-refractivity contribution is -0.144. The van der Waals surface area contributed by atoms with Crippen molar-refractivity contribution < 1.29 is 22.8 Å². The summed E-state index contributed by atoms with van der Waals surface area (Å²) < 4.78 is 24.0. The summed E-state index contributed by atoms with van der Waals surface area (Å²) >= 11 is 0. The molecule has 0 bridgehead atoms. The molecule has 26 heavy (non-hydrogen) atoms. The minimum Gasteiger partial charge on any atom is -0.459 e. The molecule has 0 aromatic carbocycles. The van der Waals surface area contributed by atoms with Gasteiger partial charge in [0.15, 0.2) is 0 Å². The Morgan fingerprint density at radius 2 is 1.38 bits per heavy atom. The van der Waals surface area contributed by atoms with Crippen LogP contribution in [0.25, 0.3) is 0 Å². The second kappa shape index (κ2) is 15.4. The van der Waals surface area contributed by atoms with Gasteiger partial charge in [-0.1, -0.05) is 47.1 Å². The third-order valence-corrected chi connectivity index (χ3v) is 6.69. The molecule has 154 valence electrons. The molecule has 6 heteroatoms. The molecule has 0 saturated heterocycles. The Morgan fingerprint density at radius 1 is 0.885 bits per heavy atom. The van der Waals surface area contributed by atoms with E-state index in [1.165, 1.54) is 0 Å². The molecule has 0 heterocycles. The lowest BCUT2D eigenvalue weighted by Crippen LogP contribution is -2.47. The Labute approximate surface area is 161 Å². The van der Waals surface area contributed by atoms with Gasteiger partial charge in [0.2, 0.25) is 0 Å². The minimum atomic E-state index is -2.75. The molecule has 0 rings (SSSR count). The van der Waals surface area contributed by atoms with Crippen LogP contribution in [-0.2, 0) is 22.8 Å². The molecule has 0 radical (unpaired) electrons. The first-order valence-corrected chi connectivity index (χ1v) is 12.2. The van der Waals surface area contributed by atoms with Gasteiger partial charge in [-0.15, -0.1) is 0 Å². The van der Waals surface area contributed by atoms with E-state index in [2.05, 4.69) is 34.3 Å². The van der Waals surface area contributed by atoms with Crippen LogP contribution in [0, 0.1) is 0 Å². The minimum absolute atomic E-state index is 0.147. The Balaban J connectivity index is 5.05. The molecule has 0 saturated carbocycles. The zero-order valence-corrected chi connectivity index (χ0v) is 18.6. The highest BCUT2D eigenvalue weighted by atomic mass is 28.4. The Bertz CT molecular complexity index is 365. The predicted octanol–water partition coefficient (Wildman–Crippen LogP) is 5.27. The number of unbranched alkanes of at least 4 members (excludes halogenated alkanes) is 1. The number of hydrogen-bond donors (Lipinski definition) is 0. The molecule has 0 amide bonds. The Kier molecular flexibility index (Phi) is 15.0. The summed E-state index contributed by atoms with van der Waals surface area (Å²) in [4.78, 5) is 12.0. The summed E-state index contributed by atoms with van der Waals surface area (Å²) in [6.07, 6.45) is 6.24. The summed E-state index contributed by atoms with van der Waals surface area (Å²) in [5.41, 5.74) is 0.432. The van der Waals surface area contributed by atoms with Gasteiger partial charge in [-0.25, -0.2) is 4.79 Å². The van der Waals surface area contributed by atoms with E-state index in [9.17, 15) is 4.79 Å². The SMILES string of the molecule is C=C(C)C(=O)OC(CCCC)CC[Si](OCCC)(OCCC)OCCC. The molecular weight excluding hydrogens is 348 g/mol. The van der Waals surface area contributed by atoms with Crippen LogP contribution in [0.15, 0.2) is 12.2 Å². The molecule has 0 aromatic heterocycles. The van der Waals surface area contributed by atoms with Gasteiger partial charge in [-0.05, 0) is 39.0 Å². The van der Waals surface area contributed by atoms with Crippen molar-refractivity contribution >= 4 is 14.8 Å². The zero-order valence-electron chi connectivity index (χ0n) is 17.6. The highest BCUT2D eigenvalue weighted by molar-refractivity contribution is 6.60. The van der Waals surface area contributed by atoms with Crippen LogP contribution in [-0.4, -0.2) is 40.7 Å². The summed E-state index contributed by atoms with van der Waals surface area (Å²) in [7, 11) is -2.75. The van der Waals surface area contributed by atoms with E-state index in [0.29, 0.717) is 37.9 Å². The number of esters is 1. The molecule has 0 N–H and O–H groups in total. The topological polar surface area (TPSA) is 54.0 Å². The maximum atomic E-state index is 12.0. The maximum Gasteiger partial charge on any atom is 0.501 e. The molecule has 0 aliphatic carbocycles. The fourth-order valence-electron chi connectivity index (χ4n) is 2.40. The number of carbonyl (C=O) groups excluding carboxylic acids is 1. The van der Waals surface area contributed by atoms with Crippen LogP contribution < -0.4 is 0 Å². The monoisotopic (exact) mass is 388 g/mol. The first-order chi connectivity index (χ1) is 12.4. The van der Waals surface area contributed by atoms with E-state index in [4.69, 9.17) is 18.0 Å². The van der Waals surface area contributed by atoms with Gasteiger partial charge in [0.1, 0.15) is 6.10 Å². The molecule has 0 aliphatic rings. The van der Waals surface area contributed by atoms with Crippen molar-refractivity contribution in [3.05, 3.63) is 12.2 Å². The van der Waals surface area contributed by atoms with Crippen LogP contribution >= 0.6 is 0 Å². The van der Waals surface area contributed by atoms with Crippen molar-refractivity contribution in [3.63, 3.8) is 0 Å². The van der Waals surface area contributed by atoms with Crippen molar-refractivity contribution in [1.29, 1.82) is 0 Å². The van der Waals surface area contributed by atoms with Gasteiger partial charge in [0.25, 0.3) is 0 Å². The number of ether oxygens (including phenoxy) is 1. The van der Waals surface area contributed by atoms with Crippen molar-refractivity contribution in [2.45, 2.75) is 91.7 Å². The lowest BCUT2D eigenvalue weighted by atomic mass is 10.1. The van der Waals surface area contributed by atoms with E-state index in [1.807, 2.05) is 0 Å². The highest BCUT2D eigenvalue weighted by Crippen LogP contribution is 2.24. The van der Waals surface area contributed by atoms with Crippen molar-refractivity contribution in [2.24, 2.45) is 0 Å². The molecular formula is C20H40O5Si. The van der Waals surface area contributed by atoms with E-state index < -0.39 is 8.80 Å². The van der Waals surface area contributed by atoms with Crippen molar-refractivity contribution in [1.82, 2.24) is 0 Å². The molecule has 5 nitrogen and oxygen atoms in total. The van der Waals surface area contributed by atoms with Crippen LogP contribution in [0.4, 0.5) is 0 Å². The molecule has 0 aliphatic heterocycles. The van der Waals surface area contributed by atoms with Crippen molar-refractivity contribution in [3.8, 4) is 0 Å². The number of hydrogen-bond acceptors (Lipinski definition) is 5. The normalized spacial score (nSPS) is 12.8. The largest absolute Gasteiger partial charge is 0.501 e. The smallest absolute Gasteiger partial charge is 0.459 e. The second-order valence-corrected chi connectivity index (χ2v) is 9.45. The second-order valence-electron chi connectivity index (χ2n) is 6.72. The molecule has 0 aromatic rings. The summed E-state index contributed by atoms with van der Waals surface area (Å²) in [5.74, 6) is -0.322.